The van der Waals surface area contributed by atoms with Gasteiger partial charge in [-0.05, 0) is 55.2 Å². The number of carbonyl (C=O) groups is 2. The quantitative estimate of drug-likeness (QED) is 0.433. The molecule has 0 radical (unpaired) electrons. The zero-order valence-electron chi connectivity index (χ0n) is 21.1. The molecule has 5 rings (SSSR count). The Kier molecular flexibility index (Phi) is 7.81. The van der Waals surface area contributed by atoms with E-state index < -0.39 is 6.10 Å². The van der Waals surface area contributed by atoms with Crippen molar-refractivity contribution in [3.63, 3.8) is 0 Å². The summed E-state index contributed by atoms with van der Waals surface area (Å²) in [6.45, 7) is 0.211. The van der Waals surface area contributed by atoms with Crippen LogP contribution in [0, 0.1) is 0 Å². The van der Waals surface area contributed by atoms with Crippen LogP contribution in [-0.4, -0.2) is 55.1 Å². The van der Waals surface area contributed by atoms with Crippen LogP contribution in [0.15, 0.2) is 42.5 Å². The number of anilines is 1. The van der Waals surface area contributed by atoms with Crippen LogP contribution in [-0.2, 0) is 16.1 Å². The maximum Gasteiger partial charge on any atom is 0.319 e. The molecule has 1 saturated carbocycles. The van der Waals surface area contributed by atoms with Gasteiger partial charge in [-0.25, -0.2) is 4.79 Å². The predicted octanol–water partition coefficient (Wildman–Crippen LogP) is 3.46. The smallest absolute Gasteiger partial charge is 0.319 e. The lowest BCUT2D eigenvalue weighted by molar-refractivity contribution is -0.142. The summed E-state index contributed by atoms with van der Waals surface area (Å²) in [4.78, 5) is 25.2. The fourth-order valence-corrected chi connectivity index (χ4v) is 5.61. The third kappa shape index (κ3) is 5.99. The second-order valence-corrected chi connectivity index (χ2v) is 10.1. The van der Waals surface area contributed by atoms with Crippen molar-refractivity contribution in [2.45, 2.75) is 75.3 Å². The lowest BCUT2D eigenvalue weighted by Gasteiger charge is -2.37. The molecule has 3 aliphatic rings. The van der Waals surface area contributed by atoms with Gasteiger partial charge < -0.3 is 35.3 Å². The highest BCUT2D eigenvalue weighted by Crippen LogP contribution is 2.47. The summed E-state index contributed by atoms with van der Waals surface area (Å²) >= 11 is 0. The molecule has 9 heteroatoms. The summed E-state index contributed by atoms with van der Waals surface area (Å²) in [5, 5.41) is 18.9. The fraction of sp³-hybridized carbons (Fsp3) is 0.500. The number of rotatable bonds is 8. The minimum absolute atomic E-state index is 0.0417. The van der Waals surface area contributed by atoms with Gasteiger partial charge in [0.25, 0.3) is 0 Å². The molecule has 0 aromatic heterocycles. The van der Waals surface area contributed by atoms with Gasteiger partial charge >= 0.3 is 6.03 Å². The molecule has 37 heavy (non-hydrogen) atoms. The highest BCUT2D eigenvalue weighted by molar-refractivity contribution is 5.89. The third-order valence-corrected chi connectivity index (χ3v) is 7.51. The molecule has 3 amide bonds. The van der Waals surface area contributed by atoms with Crippen LogP contribution in [0.4, 0.5) is 10.5 Å². The van der Waals surface area contributed by atoms with Crippen LogP contribution in [0.5, 0.6) is 11.5 Å². The molecule has 1 saturated heterocycles. The third-order valence-electron chi connectivity index (χ3n) is 7.51. The van der Waals surface area contributed by atoms with Gasteiger partial charge in [0.15, 0.2) is 0 Å². The first-order valence-electron chi connectivity index (χ1n) is 13.1. The number of amides is 3. The summed E-state index contributed by atoms with van der Waals surface area (Å²) in [6.07, 6.45) is 3.90. The van der Waals surface area contributed by atoms with E-state index in [1.807, 2.05) is 42.5 Å². The molecule has 2 fully saturated rings. The van der Waals surface area contributed by atoms with Crippen molar-refractivity contribution in [3.8, 4) is 11.5 Å². The summed E-state index contributed by atoms with van der Waals surface area (Å²) in [5.41, 5.74) is 2.63. The number of carbonyl (C=O) groups excluding carboxylic acids is 2. The molecule has 0 spiro atoms. The number of urea groups is 1. The second kappa shape index (κ2) is 11.4. The van der Waals surface area contributed by atoms with Crippen LogP contribution in [0.25, 0.3) is 0 Å². The van der Waals surface area contributed by atoms with E-state index in [1.54, 1.807) is 7.11 Å². The normalized spacial score (nSPS) is 24.5. The van der Waals surface area contributed by atoms with Gasteiger partial charge in [0.05, 0.1) is 26.2 Å². The number of methoxy groups -OCH3 is 1. The van der Waals surface area contributed by atoms with Crippen molar-refractivity contribution in [1.29, 1.82) is 0 Å². The topological polar surface area (TPSA) is 118 Å². The maximum absolute atomic E-state index is 12.7. The van der Waals surface area contributed by atoms with E-state index in [0.29, 0.717) is 18.7 Å². The first kappa shape index (κ1) is 25.4. The average molecular weight is 510 g/mol. The van der Waals surface area contributed by atoms with Crippen molar-refractivity contribution < 1.29 is 28.9 Å². The Hall–Kier alpha value is -3.30. The zero-order chi connectivity index (χ0) is 25.8. The second-order valence-electron chi connectivity index (χ2n) is 10.1. The number of hydrogen-bond acceptors (Lipinski definition) is 6. The number of nitrogens with one attached hydrogen (secondary N) is 3. The zero-order valence-corrected chi connectivity index (χ0v) is 21.1. The molecule has 2 heterocycles. The first-order valence-corrected chi connectivity index (χ1v) is 13.1. The number of fused-ring (bicyclic) bond motifs is 3. The monoisotopic (exact) mass is 509 g/mol. The van der Waals surface area contributed by atoms with Gasteiger partial charge in [0.2, 0.25) is 5.91 Å². The van der Waals surface area contributed by atoms with Crippen LogP contribution >= 0.6 is 0 Å². The molecule has 198 valence electrons. The Morgan fingerprint density at radius 3 is 2.62 bits per heavy atom. The van der Waals surface area contributed by atoms with E-state index >= 15 is 0 Å². The minimum Gasteiger partial charge on any atom is -0.497 e. The summed E-state index contributed by atoms with van der Waals surface area (Å²) in [6, 6.07) is 13.2. The predicted molar refractivity (Wildman–Crippen MR) is 138 cm³/mol. The van der Waals surface area contributed by atoms with E-state index in [1.165, 1.54) is 0 Å². The van der Waals surface area contributed by atoms with Crippen molar-refractivity contribution >= 4 is 17.6 Å². The first-order chi connectivity index (χ1) is 18.0. The molecule has 2 aromatic carbocycles. The number of aliphatic hydroxyl groups excluding tert-OH is 1. The van der Waals surface area contributed by atoms with E-state index in [0.717, 1.165) is 48.3 Å². The fourth-order valence-electron chi connectivity index (χ4n) is 5.61. The van der Waals surface area contributed by atoms with Gasteiger partial charge in [-0.15, -0.1) is 0 Å². The van der Waals surface area contributed by atoms with Crippen molar-refractivity contribution in [2.24, 2.45) is 0 Å². The largest absolute Gasteiger partial charge is 0.497 e. The Morgan fingerprint density at radius 2 is 1.89 bits per heavy atom. The Labute approximate surface area is 216 Å². The average Bonchev–Trinajstić information content (AvgIpc) is 3.55. The Balaban J connectivity index is 1.20. The molecule has 2 aromatic rings. The number of ether oxygens (including phenoxy) is 3. The molecule has 4 atom stereocenters. The molecule has 4 N–H and O–H groups in total. The van der Waals surface area contributed by atoms with Gasteiger partial charge in [0.1, 0.15) is 23.7 Å². The number of benzene rings is 2. The van der Waals surface area contributed by atoms with Crippen molar-refractivity contribution in [2.75, 3.05) is 19.0 Å². The molecule has 2 aliphatic heterocycles. The van der Waals surface area contributed by atoms with E-state index in [9.17, 15) is 14.7 Å². The standard InChI is InChI=1S/C28H35N3O6/c1-35-20-9-6-17(7-10-20)15-29-26(33)14-21-13-23-22-12-19(31-28(34)30-18-4-2-3-5-18)8-11-24(22)37-27(23)25(16-32)36-21/h6-12,18,21,23,25,27,32H,2-5,13-16H2,1H3,(H,29,33)(H2,30,31,34)/t21-,23+,25-,27-/m0/s1. The van der Waals surface area contributed by atoms with E-state index in [-0.39, 0.29) is 49.1 Å². The summed E-state index contributed by atoms with van der Waals surface area (Å²) in [5.74, 6) is 1.33. The molecule has 9 nitrogen and oxygen atoms in total. The molecule has 0 bridgehead atoms. The van der Waals surface area contributed by atoms with E-state index in [4.69, 9.17) is 14.2 Å². The van der Waals surface area contributed by atoms with Crippen LogP contribution in [0.3, 0.4) is 0 Å². The molecular formula is C28H35N3O6. The van der Waals surface area contributed by atoms with Crippen molar-refractivity contribution in [1.82, 2.24) is 10.6 Å². The maximum atomic E-state index is 12.7. The Morgan fingerprint density at radius 1 is 1.11 bits per heavy atom. The Bertz CT molecular complexity index is 1100. The lowest BCUT2D eigenvalue weighted by atomic mass is 9.84. The van der Waals surface area contributed by atoms with Crippen molar-refractivity contribution in [3.05, 3.63) is 53.6 Å². The number of aliphatic hydroxyl groups is 1. The number of hydrogen-bond donors (Lipinski definition) is 4. The lowest BCUT2D eigenvalue weighted by Crippen LogP contribution is -2.47. The van der Waals surface area contributed by atoms with Gasteiger partial charge in [-0.1, -0.05) is 25.0 Å². The highest BCUT2D eigenvalue weighted by Gasteiger charge is 2.46. The summed E-state index contributed by atoms with van der Waals surface area (Å²) in [7, 11) is 1.62. The molecule has 1 aliphatic carbocycles. The molecule has 0 unspecified atom stereocenters. The SMILES string of the molecule is COc1ccc(CNC(=O)C[C@@H]2C[C@@H]3c4cc(NC(=O)NC5CCCC5)ccc4O[C@@H]3[C@H](CO)O2)cc1. The summed E-state index contributed by atoms with van der Waals surface area (Å²) < 4.78 is 17.4. The highest BCUT2D eigenvalue weighted by atomic mass is 16.6. The van der Waals surface area contributed by atoms with Gasteiger partial charge in [-0.3, -0.25) is 4.79 Å². The van der Waals surface area contributed by atoms with Crippen LogP contribution in [0.2, 0.25) is 0 Å². The molecular weight excluding hydrogens is 474 g/mol. The van der Waals surface area contributed by atoms with Gasteiger partial charge in [-0.2, -0.15) is 0 Å². The van der Waals surface area contributed by atoms with Crippen LogP contribution < -0.4 is 25.4 Å². The minimum atomic E-state index is -0.535. The van der Waals surface area contributed by atoms with Crippen LogP contribution in [0.1, 0.15) is 55.6 Å². The van der Waals surface area contributed by atoms with Gasteiger partial charge in [0, 0.05) is 29.8 Å². The van der Waals surface area contributed by atoms with E-state index in [2.05, 4.69) is 16.0 Å².